The summed E-state index contributed by atoms with van der Waals surface area (Å²) in [7, 11) is 1.54. The van der Waals surface area contributed by atoms with Crippen LogP contribution in [0.2, 0.25) is 0 Å². The van der Waals surface area contributed by atoms with Gasteiger partial charge in [0.2, 0.25) is 0 Å². The number of hydrogen-bond acceptors (Lipinski definition) is 2. The Balaban J connectivity index is 2.29. The highest BCUT2D eigenvalue weighted by atomic mass is 19.3. The predicted molar refractivity (Wildman–Crippen MR) is 71.9 cm³/mol. The van der Waals surface area contributed by atoms with Gasteiger partial charge in [-0.25, -0.2) is 8.78 Å². The average Bonchev–Trinajstić information content (AvgIpc) is 2.39. The summed E-state index contributed by atoms with van der Waals surface area (Å²) in [5, 5.41) is 3.29. The highest BCUT2D eigenvalue weighted by Crippen LogP contribution is 2.36. The van der Waals surface area contributed by atoms with Gasteiger partial charge in [-0.1, -0.05) is 12.1 Å². The van der Waals surface area contributed by atoms with Crippen molar-refractivity contribution in [1.82, 2.24) is 5.32 Å². The van der Waals surface area contributed by atoms with Gasteiger partial charge >= 0.3 is 0 Å². The van der Waals surface area contributed by atoms with Crippen molar-refractivity contribution in [2.24, 2.45) is 5.92 Å². The maximum absolute atomic E-state index is 13.7. The van der Waals surface area contributed by atoms with Crippen LogP contribution in [-0.4, -0.2) is 20.2 Å². The summed E-state index contributed by atoms with van der Waals surface area (Å²) < 4.78 is 32.7. The zero-order chi connectivity index (χ0) is 13.9. The molecule has 2 nitrogen and oxygen atoms in total. The first-order valence-electron chi connectivity index (χ1n) is 6.77. The van der Waals surface area contributed by atoms with E-state index in [9.17, 15) is 8.78 Å². The van der Waals surface area contributed by atoms with Gasteiger partial charge in [-0.05, 0) is 44.3 Å². The van der Waals surface area contributed by atoms with E-state index in [-0.39, 0.29) is 5.56 Å². The van der Waals surface area contributed by atoms with Crippen molar-refractivity contribution in [3.05, 3.63) is 29.3 Å². The van der Waals surface area contributed by atoms with Gasteiger partial charge in [0.25, 0.3) is 5.92 Å². The molecule has 106 valence electrons. The summed E-state index contributed by atoms with van der Waals surface area (Å²) in [6, 6.07) is 4.92. The number of benzene rings is 1. The summed E-state index contributed by atoms with van der Waals surface area (Å²) in [5.41, 5.74) is 0.773. The summed E-state index contributed by atoms with van der Waals surface area (Å²) >= 11 is 0. The van der Waals surface area contributed by atoms with E-state index in [1.807, 2.05) is 0 Å². The van der Waals surface area contributed by atoms with Crippen molar-refractivity contribution in [1.29, 1.82) is 0 Å². The van der Waals surface area contributed by atoms with Gasteiger partial charge < -0.3 is 10.1 Å². The zero-order valence-corrected chi connectivity index (χ0v) is 11.5. The van der Waals surface area contributed by atoms with Crippen molar-refractivity contribution < 1.29 is 13.5 Å². The third-order valence-electron chi connectivity index (χ3n) is 3.78. The number of halogens is 2. The first-order valence-corrected chi connectivity index (χ1v) is 6.77. The average molecular weight is 269 g/mol. The fourth-order valence-electron chi connectivity index (χ4n) is 2.75. The van der Waals surface area contributed by atoms with Crippen LogP contribution in [0.25, 0.3) is 0 Å². The molecule has 0 saturated carbocycles. The maximum atomic E-state index is 13.7. The molecule has 0 atom stereocenters. The lowest BCUT2D eigenvalue weighted by atomic mass is 9.87. The lowest BCUT2D eigenvalue weighted by molar-refractivity contribution is 0.0160. The van der Waals surface area contributed by atoms with Gasteiger partial charge in [-0.15, -0.1) is 0 Å². The predicted octanol–water partition coefficient (Wildman–Crippen LogP) is 3.35. The first kappa shape index (κ1) is 14.3. The number of methoxy groups -OCH3 is 1. The molecule has 0 aromatic heterocycles. The topological polar surface area (TPSA) is 21.3 Å². The Hall–Kier alpha value is -1.16. The molecule has 1 heterocycles. The number of hydrogen-bond donors (Lipinski definition) is 1. The molecule has 1 saturated heterocycles. The molecule has 0 aliphatic carbocycles. The second-order valence-corrected chi connectivity index (χ2v) is 5.27. The Bertz CT molecular complexity index is 423. The number of nitrogens with one attached hydrogen (secondary N) is 1. The second-order valence-electron chi connectivity index (χ2n) is 5.27. The zero-order valence-electron chi connectivity index (χ0n) is 11.5. The lowest BCUT2D eigenvalue weighted by Crippen LogP contribution is -2.29. The van der Waals surface area contributed by atoms with Crippen LogP contribution in [0.3, 0.4) is 0 Å². The summed E-state index contributed by atoms with van der Waals surface area (Å²) in [6.45, 7) is 2.89. The first-order chi connectivity index (χ1) is 9.02. The molecular weight excluding hydrogens is 248 g/mol. The quantitative estimate of drug-likeness (QED) is 0.905. The van der Waals surface area contributed by atoms with Crippen molar-refractivity contribution in [2.75, 3.05) is 20.2 Å². The molecule has 0 bridgehead atoms. The van der Waals surface area contributed by atoms with Gasteiger partial charge in [0.15, 0.2) is 0 Å². The standard InChI is InChI=1S/C15H21F2NO/c1-15(16,17)13-4-3-5-14(19-2)12(13)10-11-6-8-18-9-7-11/h3-5,11,18H,6-10H2,1-2H3. The highest BCUT2D eigenvalue weighted by molar-refractivity contribution is 5.42. The molecule has 0 radical (unpaired) electrons. The summed E-state index contributed by atoms with van der Waals surface area (Å²) in [5.74, 6) is -1.78. The minimum absolute atomic E-state index is 0.102. The van der Waals surface area contributed by atoms with Gasteiger partial charge in [-0.3, -0.25) is 0 Å². The van der Waals surface area contributed by atoms with Crippen LogP contribution in [0.15, 0.2) is 18.2 Å². The van der Waals surface area contributed by atoms with E-state index in [1.165, 1.54) is 6.07 Å². The van der Waals surface area contributed by atoms with Crippen LogP contribution >= 0.6 is 0 Å². The highest BCUT2D eigenvalue weighted by Gasteiger charge is 2.30. The smallest absolute Gasteiger partial charge is 0.270 e. The largest absolute Gasteiger partial charge is 0.496 e. The van der Waals surface area contributed by atoms with E-state index < -0.39 is 5.92 Å². The van der Waals surface area contributed by atoms with Crippen LogP contribution in [-0.2, 0) is 12.3 Å². The number of rotatable bonds is 4. The number of alkyl halides is 2. The Labute approximate surface area is 113 Å². The number of ether oxygens (including phenoxy) is 1. The summed E-state index contributed by atoms with van der Waals surface area (Å²) in [4.78, 5) is 0. The Morgan fingerprint density at radius 2 is 2.00 bits per heavy atom. The van der Waals surface area contributed by atoms with Gasteiger partial charge in [0.1, 0.15) is 5.75 Å². The van der Waals surface area contributed by atoms with Crippen molar-refractivity contribution in [3.63, 3.8) is 0 Å². The molecule has 1 aromatic carbocycles. The molecule has 0 unspecified atom stereocenters. The fourth-order valence-corrected chi connectivity index (χ4v) is 2.75. The molecule has 1 aliphatic rings. The van der Waals surface area contributed by atoms with Gasteiger partial charge in [0, 0.05) is 18.1 Å². The molecule has 2 rings (SSSR count). The fraction of sp³-hybridized carbons (Fsp3) is 0.600. The summed E-state index contributed by atoms with van der Waals surface area (Å²) in [6.07, 6.45) is 2.74. The van der Waals surface area contributed by atoms with Gasteiger partial charge in [0.05, 0.1) is 7.11 Å². The molecular formula is C15H21F2NO. The van der Waals surface area contributed by atoms with E-state index in [1.54, 1.807) is 19.2 Å². The van der Waals surface area contributed by atoms with E-state index in [2.05, 4.69) is 5.32 Å². The van der Waals surface area contributed by atoms with Crippen LogP contribution in [0.5, 0.6) is 5.75 Å². The Kier molecular flexibility index (Phi) is 4.40. The molecule has 4 heteroatoms. The van der Waals surface area contributed by atoms with E-state index in [0.717, 1.165) is 32.9 Å². The normalized spacial score (nSPS) is 17.5. The third-order valence-corrected chi connectivity index (χ3v) is 3.78. The van der Waals surface area contributed by atoms with Crippen LogP contribution < -0.4 is 10.1 Å². The third kappa shape index (κ3) is 3.44. The Morgan fingerprint density at radius 1 is 1.32 bits per heavy atom. The lowest BCUT2D eigenvalue weighted by Gasteiger charge is -2.26. The monoisotopic (exact) mass is 269 g/mol. The van der Waals surface area contributed by atoms with Crippen molar-refractivity contribution in [3.8, 4) is 5.75 Å². The molecule has 19 heavy (non-hydrogen) atoms. The molecule has 0 amide bonds. The number of piperidine rings is 1. The van der Waals surface area contributed by atoms with E-state index in [0.29, 0.717) is 23.7 Å². The van der Waals surface area contributed by atoms with Gasteiger partial charge in [-0.2, -0.15) is 0 Å². The molecule has 0 spiro atoms. The van der Waals surface area contributed by atoms with Crippen molar-refractivity contribution in [2.45, 2.75) is 32.1 Å². The molecule has 1 fully saturated rings. The SMILES string of the molecule is COc1cccc(C(C)(F)F)c1CC1CCNCC1. The van der Waals surface area contributed by atoms with Crippen molar-refractivity contribution >= 4 is 0 Å². The maximum Gasteiger partial charge on any atom is 0.270 e. The van der Waals surface area contributed by atoms with E-state index >= 15 is 0 Å². The molecule has 1 aromatic rings. The van der Waals surface area contributed by atoms with E-state index in [4.69, 9.17) is 4.74 Å². The Morgan fingerprint density at radius 3 is 2.58 bits per heavy atom. The van der Waals surface area contributed by atoms with Crippen LogP contribution in [0.1, 0.15) is 30.9 Å². The molecule has 1 N–H and O–H groups in total. The molecule has 1 aliphatic heterocycles. The second kappa shape index (κ2) is 5.87. The minimum Gasteiger partial charge on any atom is -0.496 e. The van der Waals surface area contributed by atoms with Crippen LogP contribution in [0.4, 0.5) is 8.78 Å². The minimum atomic E-state index is -2.82. The van der Waals surface area contributed by atoms with Crippen LogP contribution in [0, 0.1) is 5.92 Å².